The molecule has 0 heterocycles. The van der Waals surface area contributed by atoms with Gasteiger partial charge < -0.3 is 4.74 Å². The van der Waals surface area contributed by atoms with E-state index < -0.39 is 11.0 Å². The number of nitro groups is 1. The van der Waals surface area contributed by atoms with E-state index in [9.17, 15) is 14.9 Å². The number of hydrogen-bond donors (Lipinski definition) is 1. The number of carbonyl (C=O) groups is 1. The Kier molecular flexibility index (Phi) is 5.74. The zero-order valence-corrected chi connectivity index (χ0v) is 10.8. The number of nitrogens with one attached hydrogen (secondary N) is 1. The lowest BCUT2D eigenvalue weighted by molar-refractivity contribution is -0.385. The Labute approximate surface area is 110 Å². The SMILES string of the molecule is CCONC(=O)OCC(C)c1ccccc1[N+](=O)[O-]. The maximum atomic E-state index is 11.2. The number of benzene rings is 1. The Morgan fingerprint density at radius 2 is 2.16 bits per heavy atom. The highest BCUT2D eigenvalue weighted by atomic mass is 16.7. The van der Waals surface area contributed by atoms with E-state index in [2.05, 4.69) is 10.3 Å². The number of nitrogens with zero attached hydrogens (tertiary/aromatic N) is 1. The minimum Gasteiger partial charge on any atom is -0.447 e. The predicted molar refractivity (Wildman–Crippen MR) is 67.6 cm³/mol. The smallest absolute Gasteiger partial charge is 0.431 e. The van der Waals surface area contributed by atoms with Crippen molar-refractivity contribution in [3.8, 4) is 0 Å². The predicted octanol–water partition coefficient (Wildman–Crippen LogP) is 2.38. The van der Waals surface area contributed by atoms with E-state index in [1.807, 2.05) is 0 Å². The lowest BCUT2D eigenvalue weighted by atomic mass is 10.0. The van der Waals surface area contributed by atoms with Crippen molar-refractivity contribution in [3.63, 3.8) is 0 Å². The van der Waals surface area contributed by atoms with Crippen molar-refractivity contribution in [1.29, 1.82) is 0 Å². The van der Waals surface area contributed by atoms with Gasteiger partial charge in [0.25, 0.3) is 5.69 Å². The lowest BCUT2D eigenvalue weighted by Crippen LogP contribution is -2.26. The van der Waals surface area contributed by atoms with Crippen LogP contribution >= 0.6 is 0 Å². The second kappa shape index (κ2) is 7.32. The van der Waals surface area contributed by atoms with E-state index >= 15 is 0 Å². The first-order chi connectivity index (χ1) is 9.06. The molecule has 1 rings (SSSR count). The standard InChI is InChI=1S/C12H16N2O5/c1-3-19-13-12(15)18-8-9(2)10-6-4-5-7-11(10)14(16)17/h4-7,9H,3,8H2,1-2H3,(H,13,15). The topological polar surface area (TPSA) is 90.7 Å². The van der Waals surface area contributed by atoms with E-state index in [4.69, 9.17) is 4.74 Å². The number of ether oxygens (including phenoxy) is 1. The van der Waals surface area contributed by atoms with Gasteiger partial charge in [0.15, 0.2) is 0 Å². The zero-order chi connectivity index (χ0) is 14.3. The van der Waals surface area contributed by atoms with Crippen molar-refractivity contribution in [2.75, 3.05) is 13.2 Å². The van der Waals surface area contributed by atoms with Crippen LogP contribution in [0.2, 0.25) is 0 Å². The summed E-state index contributed by atoms with van der Waals surface area (Å²) in [6, 6.07) is 6.37. The summed E-state index contributed by atoms with van der Waals surface area (Å²) in [5.41, 5.74) is 2.62. The number of rotatable bonds is 6. The summed E-state index contributed by atoms with van der Waals surface area (Å²) in [7, 11) is 0. The lowest BCUT2D eigenvalue weighted by Gasteiger charge is -2.12. The first-order valence-corrected chi connectivity index (χ1v) is 5.84. The fourth-order valence-electron chi connectivity index (χ4n) is 1.52. The van der Waals surface area contributed by atoms with E-state index in [1.54, 1.807) is 32.0 Å². The minimum atomic E-state index is -0.715. The van der Waals surface area contributed by atoms with Crippen LogP contribution in [0.4, 0.5) is 10.5 Å². The molecule has 0 aliphatic carbocycles. The van der Waals surface area contributed by atoms with Crippen LogP contribution in [0.5, 0.6) is 0 Å². The van der Waals surface area contributed by atoms with Crippen LogP contribution in [-0.4, -0.2) is 24.2 Å². The molecule has 0 aliphatic rings. The van der Waals surface area contributed by atoms with Gasteiger partial charge >= 0.3 is 6.09 Å². The Balaban J connectivity index is 2.61. The van der Waals surface area contributed by atoms with Crippen molar-refractivity contribution < 1.29 is 19.3 Å². The molecule has 0 aliphatic heterocycles. The highest BCUT2D eigenvalue weighted by molar-refractivity contribution is 5.65. The summed E-state index contributed by atoms with van der Waals surface area (Å²) >= 11 is 0. The molecule has 0 fully saturated rings. The third-order valence-electron chi connectivity index (χ3n) is 2.43. The van der Waals surface area contributed by atoms with E-state index in [-0.39, 0.29) is 18.2 Å². The second-order valence-electron chi connectivity index (χ2n) is 3.85. The number of hydroxylamine groups is 1. The molecular formula is C12H16N2O5. The third kappa shape index (κ3) is 4.55. The number of hydrogen-bond acceptors (Lipinski definition) is 5. The van der Waals surface area contributed by atoms with Crippen molar-refractivity contribution in [2.45, 2.75) is 19.8 Å². The average molecular weight is 268 g/mol. The largest absolute Gasteiger partial charge is 0.447 e. The molecule has 1 aromatic carbocycles. The van der Waals surface area contributed by atoms with Gasteiger partial charge in [-0.05, 0) is 6.92 Å². The van der Waals surface area contributed by atoms with Crippen molar-refractivity contribution in [2.24, 2.45) is 0 Å². The summed E-state index contributed by atoms with van der Waals surface area (Å²) in [5, 5.41) is 10.9. The molecule has 19 heavy (non-hydrogen) atoms. The quantitative estimate of drug-likeness (QED) is 0.631. The van der Waals surface area contributed by atoms with Crippen molar-refractivity contribution in [1.82, 2.24) is 5.48 Å². The van der Waals surface area contributed by atoms with E-state index in [0.29, 0.717) is 12.2 Å². The van der Waals surface area contributed by atoms with Gasteiger partial charge in [-0.3, -0.25) is 15.0 Å². The molecule has 0 saturated carbocycles. The Morgan fingerprint density at radius 1 is 1.47 bits per heavy atom. The van der Waals surface area contributed by atoms with Crippen LogP contribution in [0, 0.1) is 10.1 Å². The summed E-state index contributed by atoms with van der Waals surface area (Å²) < 4.78 is 4.90. The van der Waals surface area contributed by atoms with E-state index in [0.717, 1.165) is 0 Å². The molecule has 0 radical (unpaired) electrons. The second-order valence-corrected chi connectivity index (χ2v) is 3.85. The summed E-state index contributed by atoms with van der Waals surface area (Å²) in [6.45, 7) is 3.82. The molecule has 7 nitrogen and oxygen atoms in total. The molecule has 0 aromatic heterocycles. The first kappa shape index (κ1) is 14.9. The molecule has 104 valence electrons. The molecule has 7 heteroatoms. The maximum Gasteiger partial charge on any atom is 0.431 e. The number of nitro benzene ring substituents is 1. The highest BCUT2D eigenvalue weighted by Crippen LogP contribution is 2.26. The summed E-state index contributed by atoms with van der Waals surface area (Å²) in [6.07, 6.45) is -0.715. The Bertz CT molecular complexity index is 450. The van der Waals surface area contributed by atoms with Crippen LogP contribution in [-0.2, 0) is 9.57 Å². The Hall–Kier alpha value is -2.15. The molecule has 0 saturated heterocycles. The van der Waals surface area contributed by atoms with Crippen LogP contribution in [0.15, 0.2) is 24.3 Å². The van der Waals surface area contributed by atoms with E-state index in [1.165, 1.54) is 6.07 Å². The fourth-order valence-corrected chi connectivity index (χ4v) is 1.52. The summed E-state index contributed by atoms with van der Waals surface area (Å²) in [5.74, 6) is -0.283. The fraction of sp³-hybridized carbons (Fsp3) is 0.417. The van der Waals surface area contributed by atoms with Crippen LogP contribution in [0.25, 0.3) is 0 Å². The van der Waals surface area contributed by atoms with Crippen LogP contribution in [0.3, 0.4) is 0 Å². The van der Waals surface area contributed by atoms with Gasteiger partial charge in [0.1, 0.15) is 6.61 Å². The van der Waals surface area contributed by atoms with Gasteiger partial charge in [0.05, 0.1) is 11.5 Å². The highest BCUT2D eigenvalue weighted by Gasteiger charge is 2.19. The van der Waals surface area contributed by atoms with Gasteiger partial charge in [-0.15, -0.1) is 0 Å². The zero-order valence-electron chi connectivity index (χ0n) is 10.8. The molecule has 0 spiro atoms. The Morgan fingerprint density at radius 3 is 2.79 bits per heavy atom. The van der Waals surface area contributed by atoms with Gasteiger partial charge in [0.2, 0.25) is 0 Å². The molecule has 1 unspecified atom stereocenters. The monoisotopic (exact) mass is 268 g/mol. The minimum absolute atomic E-state index is 0.0174. The molecule has 1 atom stereocenters. The first-order valence-electron chi connectivity index (χ1n) is 5.84. The molecule has 1 aromatic rings. The normalized spacial score (nSPS) is 11.7. The maximum absolute atomic E-state index is 11.2. The van der Waals surface area contributed by atoms with Crippen LogP contribution in [0.1, 0.15) is 25.3 Å². The number of amides is 1. The van der Waals surface area contributed by atoms with Crippen LogP contribution < -0.4 is 5.48 Å². The van der Waals surface area contributed by atoms with Gasteiger partial charge in [-0.2, -0.15) is 5.48 Å². The third-order valence-corrected chi connectivity index (χ3v) is 2.43. The molecule has 0 bridgehead atoms. The number of para-hydroxylation sites is 1. The van der Waals surface area contributed by atoms with Gasteiger partial charge in [-0.25, -0.2) is 4.79 Å². The summed E-state index contributed by atoms with van der Waals surface area (Å²) in [4.78, 5) is 26.2. The average Bonchev–Trinajstić information content (AvgIpc) is 2.42. The molecular weight excluding hydrogens is 252 g/mol. The van der Waals surface area contributed by atoms with Gasteiger partial charge in [0, 0.05) is 17.5 Å². The molecule has 1 N–H and O–H groups in total. The van der Waals surface area contributed by atoms with Crippen molar-refractivity contribution in [3.05, 3.63) is 39.9 Å². The number of carbonyl (C=O) groups excluding carboxylic acids is 1. The van der Waals surface area contributed by atoms with Crippen molar-refractivity contribution >= 4 is 11.8 Å². The van der Waals surface area contributed by atoms with Gasteiger partial charge in [-0.1, -0.05) is 25.1 Å². The molecule has 1 amide bonds.